The SMILES string of the molecule is CC1(C)CC[C@]2(NC(=O)C(C)(F)F)CC[C@]3(C)[C@H](C(=O)C=C4[C@@]5(C)[C@H]6C[C@@]6(C#N)C(=O)[C@@]6(C)O[C@@]56CC[C@]43C)[C@@H]2C1. The lowest BCUT2D eigenvalue weighted by molar-refractivity contribution is -0.169. The van der Waals surface area contributed by atoms with Crippen LogP contribution in [0, 0.1) is 56.2 Å². The molecule has 5 saturated carbocycles. The van der Waals surface area contributed by atoms with Gasteiger partial charge in [-0.1, -0.05) is 40.2 Å². The third kappa shape index (κ3) is 2.80. The summed E-state index contributed by atoms with van der Waals surface area (Å²) < 4.78 is 34.8. The molecule has 10 atom stereocenters. The van der Waals surface area contributed by atoms with Crippen molar-refractivity contribution in [3.05, 3.63) is 11.6 Å². The molecular formula is C33H42F2N2O4. The van der Waals surface area contributed by atoms with Gasteiger partial charge in [-0.15, -0.1) is 0 Å². The molecule has 1 N–H and O–H groups in total. The molecule has 1 amide bonds. The Bertz CT molecular complexity index is 1410. The number of epoxide rings is 1. The highest BCUT2D eigenvalue weighted by atomic mass is 19.3. The third-order valence-electron chi connectivity index (χ3n) is 14.3. The molecule has 1 heterocycles. The molecule has 7 rings (SSSR count). The fourth-order valence-corrected chi connectivity index (χ4v) is 11.6. The number of Topliss-reactive ketones (excluding diaryl/α,β-unsaturated/α-hetero) is 1. The molecule has 0 bridgehead atoms. The van der Waals surface area contributed by atoms with E-state index in [1.165, 1.54) is 0 Å². The number of allylic oxidation sites excluding steroid dienone is 1. The van der Waals surface area contributed by atoms with Crippen LogP contribution < -0.4 is 5.32 Å². The predicted molar refractivity (Wildman–Crippen MR) is 145 cm³/mol. The van der Waals surface area contributed by atoms with Crippen LogP contribution in [0.4, 0.5) is 8.78 Å². The third-order valence-corrected chi connectivity index (χ3v) is 14.3. The second-order valence-corrected chi connectivity index (χ2v) is 16.5. The van der Waals surface area contributed by atoms with Gasteiger partial charge >= 0.3 is 5.92 Å². The summed E-state index contributed by atoms with van der Waals surface area (Å²) >= 11 is 0. The molecule has 7 aliphatic rings. The lowest BCUT2D eigenvalue weighted by atomic mass is 9.35. The maximum absolute atomic E-state index is 14.6. The van der Waals surface area contributed by atoms with Crippen LogP contribution in [0.1, 0.15) is 99.8 Å². The summed E-state index contributed by atoms with van der Waals surface area (Å²) in [6, 6.07) is 2.36. The number of hydrogen-bond acceptors (Lipinski definition) is 5. The molecule has 6 aliphatic carbocycles. The van der Waals surface area contributed by atoms with Crippen molar-refractivity contribution in [3.8, 4) is 6.07 Å². The second-order valence-electron chi connectivity index (χ2n) is 16.5. The number of rotatable bonds is 2. The van der Waals surface area contributed by atoms with E-state index in [0.717, 1.165) is 18.4 Å². The first-order chi connectivity index (χ1) is 18.7. The monoisotopic (exact) mass is 568 g/mol. The number of carbonyl (C=O) groups is 3. The Hall–Kier alpha value is -2.14. The predicted octanol–water partition coefficient (Wildman–Crippen LogP) is 5.69. The number of alkyl halides is 2. The molecule has 6 fully saturated rings. The van der Waals surface area contributed by atoms with E-state index in [1.807, 2.05) is 13.0 Å². The number of ketones is 2. The van der Waals surface area contributed by atoms with E-state index < -0.39 is 56.1 Å². The number of amides is 1. The number of hydrogen-bond donors (Lipinski definition) is 1. The van der Waals surface area contributed by atoms with E-state index in [2.05, 4.69) is 46.0 Å². The minimum atomic E-state index is -3.50. The second kappa shape index (κ2) is 7.14. The zero-order valence-corrected chi connectivity index (χ0v) is 25.3. The molecule has 41 heavy (non-hydrogen) atoms. The molecule has 8 heteroatoms. The molecule has 6 nitrogen and oxygen atoms in total. The van der Waals surface area contributed by atoms with Crippen LogP contribution >= 0.6 is 0 Å². The lowest BCUT2D eigenvalue weighted by Gasteiger charge is -2.68. The summed E-state index contributed by atoms with van der Waals surface area (Å²) in [7, 11) is 0. The topological polar surface area (TPSA) is 99.6 Å². The largest absolute Gasteiger partial charge is 0.353 e. The fourth-order valence-electron chi connectivity index (χ4n) is 11.6. The standard InChI is InChI=1S/C33H42F2N2O4/c1-25(2)8-11-32(37-24(40)30(7,34)35)12-9-27(4)22(18(32)15-25)19(38)14-20-26(27,3)10-13-33-28(20,5)21-16-31(21,17-36)23(39)29(33,6)41-33/h14,18,21-22H,8-13,15-16H2,1-7H3,(H,37,40)/t18-,21+,22-,26+,27+,28-,29+,31-,32-,33-/m0/s1. The van der Waals surface area contributed by atoms with Crippen molar-refractivity contribution in [2.24, 2.45) is 44.8 Å². The van der Waals surface area contributed by atoms with Gasteiger partial charge in [0.25, 0.3) is 5.91 Å². The summed E-state index contributed by atoms with van der Waals surface area (Å²) in [5, 5.41) is 13.0. The van der Waals surface area contributed by atoms with Crippen molar-refractivity contribution < 1.29 is 27.9 Å². The van der Waals surface area contributed by atoms with Crippen LogP contribution in [-0.4, -0.2) is 40.1 Å². The van der Waals surface area contributed by atoms with Gasteiger partial charge in [-0.2, -0.15) is 14.0 Å². The molecule has 0 aromatic carbocycles. The van der Waals surface area contributed by atoms with Gasteiger partial charge in [0.05, 0.1) is 6.07 Å². The maximum atomic E-state index is 14.6. The van der Waals surface area contributed by atoms with Crippen molar-refractivity contribution in [3.63, 3.8) is 0 Å². The summed E-state index contributed by atoms with van der Waals surface area (Å²) in [4.78, 5) is 40.8. The Morgan fingerprint density at radius 1 is 1.02 bits per heavy atom. The molecule has 1 spiro atoms. The van der Waals surface area contributed by atoms with E-state index in [0.29, 0.717) is 45.4 Å². The highest BCUT2D eigenvalue weighted by molar-refractivity contribution is 6.04. The lowest BCUT2D eigenvalue weighted by Crippen LogP contribution is -2.71. The molecule has 0 radical (unpaired) electrons. The van der Waals surface area contributed by atoms with Gasteiger partial charge in [0.2, 0.25) is 0 Å². The molecule has 0 aromatic rings. The minimum Gasteiger partial charge on any atom is -0.353 e. The number of nitriles is 1. The molecule has 1 saturated heterocycles. The summed E-state index contributed by atoms with van der Waals surface area (Å²) in [5.41, 5.74) is -4.22. The minimum absolute atomic E-state index is 0.00927. The van der Waals surface area contributed by atoms with Crippen LogP contribution in [0.25, 0.3) is 0 Å². The highest BCUT2D eigenvalue weighted by Gasteiger charge is 2.94. The zero-order valence-electron chi connectivity index (χ0n) is 25.3. The summed E-state index contributed by atoms with van der Waals surface area (Å²) in [6.45, 7) is 13.4. The Morgan fingerprint density at radius 3 is 2.32 bits per heavy atom. The van der Waals surface area contributed by atoms with Crippen LogP contribution in [0.2, 0.25) is 0 Å². The molecule has 0 unspecified atom stereocenters. The molecule has 1 aliphatic heterocycles. The van der Waals surface area contributed by atoms with Gasteiger partial charge in [-0.05, 0) is 92.4 Å². The van der Waals surface area contributed by atoms with Crippen molar-refractivity contribution in [2.75, 3.05) is 0 Å². The van der Waals surface area contributed by atoms with E-state index in [1.54, 1.807) is 0 Å². The van der Waals surface area contributed by atoms with Gasteiger partial charge in [-0.25, -0.2) is 0 Å². The number of halogens is 2. The number of carbonyl (C=O) groups excluding carboxylic acids is 3. The quantitative estimate of drug-likeness (QED) is 0.431. The number of ether oxygens (including phenoxy) is 1. The van der Waals surface area contributed by atoms with Crippen LogP contribution in [0.3, 0.4) is 0 Å². The Balaban J connectivity index is 1.36. The Kier molecular flexibility index (Phi) is 4.82. The van der Waals surface area contributed by atoms with Crippen molar-refractivity contribution in [2.45, 2.75) is 122 Å². The van der Waals surface area contributed by atoms with Crippen LogP contribution in [0.5, 0.6) is 0 Å². The van der Waals surface area contributed by atoms with Crippen LogP contribution in [-0.2, 0) is 19.1 Å². The Morgan fingerprint density at radius 2 is 1.68 bits per heavy atom. The molecule has 0 aromatic heterocycles. The van der Waals surface area contributed by atoms with Gasteiger partial charge in [0, 0.05) is 23.8 Å². The summed E-state index contributed by atoms with van der Waals surface area (Å²) in [5.74, 6) is -5.75. The first-order valence-corrected chi connectivity index (χ1v) is 15.4. The average Bonchev–Trinajstić information content (AvgIpc) is 3.77. The van der Waals surface area contributed by atoms with Crippen molar-refractivity contribution in [1.82, 2.24) is 5.32 Å². The average molecular weight is 569 g/mol. The maximum Gasteiger partial charge on any atom is 0.321 e. The van der Waals surface area contributed by atoms with Gasteiger partial charge in [0.1, 0.15) is 11.0 Å². The smallest absolute Gasteiger partial charge is 0.321 e. The molecule has 222 valence electrons. The van der Waals surface area contributed by atoms with Gasteiger partial charge in [-0.3, -0.25) is 14.4 Å². The number of nitrogens with zero attached hydrogens (tertiary/aromatic N) is 1. The Labute approximate surface area is 241 Å². The number of nitrogens with one attached hydrogen (secondary N) is 1. The van der Waals surface area contributed by atoms with Gasteiger partial charge in [0.15, 0.2) is 17.2 Å². The summed E-state index contributed by atoms with van der Waals surface area (Å²) in [6.07, 6.45) is 6.93. The first kappa shape index (κ1) is 27.7. The van der Waals surface area contributed by atoms with E-state index in [4.69, 9.17) is 4.74 Å². The highest BCUT2D eigenvalue weighted by Crippen LogP contribution is 2.86. The van der Waals surface area contributed by atoms with Crippen molar-refractivity contribution in [1.29, 1.82) is 5.26 Å². The number of fused-ring (bicyclic) bond motifs is 8. The van der Waals surface area contributed by atoms with Gasteiger partial charge < -0.3 is 10.1 Å². The van der Waals surface area contributed by atoms with Crippen molar-refractivity contribution >= 4 is 17.5 Å². The normalized spacial score (nSPS) is 54.0. The van der Waals surface area contributed by atoms with E-state index in [9.17, 15) is 28.4 Å². The zero-order chi connectivity index (χ0) is 30.0. The van der Waals surface area contributed by atoms with Crippen LogP contribution in [0.15, 0.2) is 11.6 Å². The van der Waals surface area contributed by atoms with E-state index in [-0.39, 0.29) is 28.8 Å². The molecular weight excluding hydrogens is 526 g/mol. The first-order valence-electron chi connectivity index (χ1n) is 15.4. The fraction of sp³-hybridized carbons (Fsp3) is 0.818. The van der Waals surface area contributed by atoms with E-state index >= 15 is 0 Å².